The number of ether oxygens (including phenoxy) is 1. The van der Waals surface area contributed by atoms with Gasteiger partial charge in [0.05, 0.1) is 0 Å². The van der Waals surface area contributed by atoms with E-state index < -0.39 is 30.3 Å². The third-order valence-corrected chi connectivity index (χ3v) is 4.98. The summed E-state index contributed by atoms with van der Waals surface area (Å²) in [6.07, 6.45) is -5.75. The van der Waals surface area contributed by atoms with Gasteiger partial charge in [0.25, 0.3) is 5.91 Å². The predicted octanol–water partition coefficient (Wildman–Crippen LogP) is 3.75. The van der Waals surface area contributed by atoms with Crippen molar-refractivity contribution in [1.29, 1.82) is 0 Å². The molecular formula is C22H22F3N3O4. The molecule has 1 amide bonds. The van der Waals surface area contributed by atoms with E-state index >= 15 is 0 Å². The molecule has 10 heteroatoms. The fraction of sp³-hybridized carbons (Fsp3) is 0.273. The molecule has 0 spiro atoms. The van der Waals surface area contributed by atoms with Crippen molar-refractivity contribution < 1.29 is 32.6 Å². The molecule has 0 saturated heterocycles. The average molecular weight is 449 g/mol. The molecule has 0 radical (unpaired) electrons. The summed E-state index contributed by atoms with van der Waals surface area (Å²) >= 11 is 0. The van der Waals surface area contributed by atoms with Gasteiger partial charge in [-0.3, -0.25) is 9.59 Å². The van der Waals surface area contributed by atoms with Crippen molar-refractivity contribution in [3.05, 3.63) is 65.4 Å². The number of aliphatic carboxylic acids is 1. The first kappa shape index (κ1) is 23.1. The number of carboxylic acids is 1. The molecular weight excluding hydrogens is 427 g/mol. The quantitative estimate of drug-likeness (QED) is 0.477. The Labute approximate surface area is 181 Å². The second-order valence-electron chi connectivity index (χ2n) is 7.35. The molecule has 0 saturated carbocycles. The van der Waals surface area contributed by atoms with Crippen LogP contribution in [0.1, 0.15) is 34.6 Å². The van der Waals surface area contributed by atoms with Crippen molar-refractivity contribution in [3.63, 3.8) is 0 Å². The maximum Gasteiger partial charge on any atom is 0.425 e. The molecule has 0 fully saturated rings. The highest BCUT2D eigenvalue weighted by Crippen LogP contribution is 2.28. The van der Waals surface area contributed by atoms with Gasteiger partial charge in [-0.05, 0) is 55.3 Å². The van der Waals surface area contributed by atoms with Gasteiger partial charge in [-0.1, -0.05) is 12.1 Å². The van der Waals surface area contributed by atoms with Crippen molar-refractivity contribution >= 4 is 22.8 Å². The van der Waals surface area contributed by atoms with Gasteiger partial charge < -0.3 is 25.5 Å². The van der Waals surface area contributed by atoms with Gasteiger partial charge in [0.1, 0.15) is 18.5 Å². The summed E-state index contributed by atoms with van der Waals surface area (Å²) in [5.41, 5.74) is 8.02. The van der Waals surface area contributed by atoms with Crippen LogP contribution in [0.4, 0.5) is 13.2 Å². The first-order valence-corrected chi connectivity index (χ1v) is 9.67. The van der Waals surface area contributed by atoms with Crippen LogP contribution >= 0.6 is 0 Å². The Bertz CT molecular complexity index is 1160. The van der Waals surface area contributed by atoms with Gasteiger partial charge in [0, 0.05) is 22.7 Å². The molecule has 1 heterocycles. The summed E-state index contributed by atoms with van der Waals surface area (Å²) in [6, 6.07) is 11.0. The van der Waals surface area contributed by atoms with Crippen molar-refractivity contribution in [2.24, 2.45) is 5.73 Å². The molecule has 2 aromatic carbocycles. The van der Waals surface area contributed by atoms with E-state index in [-0.39, 0.29) is 17.9 Å². The number of fused-ring (bicyclic) bond motifs is 1. The second-order valence-corrected chi connectivity index (χ2v) is 7.35. The normalized spacial score (nSPS) is 13.6. The number of carbonyl (C=O) groups is 2. The highest BCUT2D eigenvalue weighted by molar-refractivity contribution is 5.95. The zero-order chi connectivity index (χ0) is 23.6. The minimum Gasteiger partial charge on any atom is -0.481 e. The number of benzene rings is 2. The van der Waals surface area contributed by atoms with E-state index in [0.29, 0.717) is 22.0 Å². The molecule has 3 rings (SSSR count). The molecule has 1 aromatic heterocycles. The highest BCUT2D eigenvalue weighted by atomic mass is 19.4. The molecule has 0 aliphatic rings. The first-order chi connectivity index (χ1) is 15.0. The number of hydrogen-bond donors (Lipinski definition) is 3. The van der Waals surface area contributed by atoms with Crippen LogP contribution in [0.25, 0.3) is 10.9 Å². The zero-order valence-electron chi connectivity index (χ0n) is 17.3. The SMILES string of the molecule is Cc1cc(C(=O)NC(N)c2cccc3c2ccn3CC(=O)O)ccc1OC(C)C(F)(F)F. The minimum atomic E-state index is -4.50. The van der Waals surface area contributed by atoms with E-state index in [1.54, 1.807) is 42.0 Å². The van der Waals surface area contributed by atoms with Crippen LogP contribution in [-0.4, -0.2) is 33.8 Å². The number of carboxylic acid groups (broad SMARTS) is 1. The van der Waals surface area contributed by atoms with E-state index in [1.165, 1.54) is 18.2 Å². The van der Waals surface area contributed by atoms with Gasteiger partial charge in [-0.15, -0.1) is 0 Å². The Morgan fingerprint density at radius 2 is 1.94 bits per heavy atom. The van der Waals surface area contributed by atoms with Gasteiger partial charge in [-0.25, -0.2) is 0 Å². The second kappa shape index (κ2) is 8.91. The zero-order valence-corrected chi connectivity index (χ0v) is 17.3. The Morgan fingerprint density at radius 3 is 2.56 bits per heavy atom. The summed E-state index contributed by atoms with van der Waals surface area (Å²) in [5, 5.41) is 12.4. The number of alkyl halides is 3. The molecule has 170 valence electrons. The molecule has 7 nitrogen and oxygen atoms in total. The Balaban J connectivity index is 1.77. The maximum absolute atomic E-state index is 12.7. The van der Waals surface area contributed by atoms with Crippen LogP contribution in [-0.2, 0) is 11.3 Å². The summed E-state index contributed by atoms with van der Waals surface area (Å²) in [6.45, 7) is 2.24. The number of rotatable bonds is 7. The Kier molecular flexibility index (Phi) is 6.45. The van der Waals surface area contributed by atoms with Crippen LogP contribution in [0.2, 0.25) is 0 Å². The maximum atomic E-state index is 12.7. The van der Waals surface area contributed by atoms with Crippen LogP contribution < -0.4 is 15.8 Å². The highest BCUT2D eigenvalue weighted by Gasteiger charge is 2.38. The summed E-state index contributed by atoms with van der Waals surface area (Å²) in [4.78, 5) is 23.7. The average Bonchev–Trinajstić information content (AvgIpc) is 3.10. The van der Waals surface area contributed by atoms with Crippen LogP contribution in [0, 0.1) is 6.92 Å². The van der Waals surface area contributed by atoms with E-state index in [9.17, 15) is 22.8 Å². The standard InChI is InChI=1S/C22H22F3N3O4/c1-12-10-14(6-7-18(12)32-13(2)22(23,24)25)21(31)27-20(26)16-4-3-5-17-15(16)8-9-28(17)11-19(29)30/h3-10,13,20H,11,26H2,1-2H3,(H,27,31)(H,29,30). The van der Waals surface area contributed by atoms with Crippen LogP contribution in [0.5, 0.6) is 5.75 Å². The number of hydrogen-bond acceptors (Lipinski definition) is 4. The predicted molar refractivity (Wildman–Crippen MR) is 111 cm³/mol. The summed E-state index contributed by atoms with van der Waals surface area (Å²) in [5.74, 6) is -1.48. The number of nitrogens with two attached hydrogens (primary N) is 1. The van der Waals surface area contributed by atoms with Crippen molar-refractivity contribution in [3.8, 4) is 5.75 Å². The molecule has 4 N–H and O–H groups in total. The van der Waals surface area contributed by atoms with Crippen LogP contribution in [0.3, 0.4) is 0 Å². The van der Waals surface area contributed by atoms with Crippen molar-refractivity contribution in [2.75, 3.05) is 0 Å². The fourth-order valence-corrected chi connectivity index (χ4v) is 3.28. The van der Waals surface area contributed by atoms with E-state index in [0.717, 1.165) is 6.92 Å². The lowest BCUT2D eigenvalue weighted by atomic mass is 10.1. The largest absolute Gasteiger partial charge is 0.481 e. The third kappa shape index (κ3) is 5.02. The lowest BCUT2D eigenvalue weighted by Gasteiger charge is -2.20. The molecule has 3 aromatic rings. The van der Waals surface area contributed by atoms with Gasteiger partial charge >= 0.3 is 12.1 Å². The Morgan fingerprint density at radius 1 is 1.22 bits per heavy atom. The fourth-order valence-electron chi connectivity index (χ4n) is 3.28. The number of aryl methyl sites for hydroxylation is 1. The smallest absolute Gasteiger partial charge is 0.425 e. The van der Waals surface area contributed by atoms with E-state index in [4.69, 9.17) is 15.6 Å². The van der Waals surface area contributed by atoms with E-state index in [2.05, 4.69) is 5.32 Å². The van der Waals surface area contributed by atoms with E-state index in [1.807, 2.05) is 0 Å². The van der Waals surface area contributed by atoms with Crippen molar-refractivity contribution in [2.45, 2.75) is 38.8 Å². The lowest BCUT2D eigenvalue weighted by Crippen LogP contribution is -2.34. The number of carbonyl (C=O) groups excluding carboxylic acids is 1. The molecule has 32 heavy (non-hydrogen) atoms. The molecule has 0 aliphatic heterocycles. The van der Waals surface area contributed by atoms with Gasteiger partial charge in [0.15, 0.2) is 6.10 Å². The third-order valence-electron chi connectivity index (χ3n) is 4.98. The summed E-state index contributed by atoms with van der Waals surface area (Å²) < 4.78 is 44.7. The number of halogens is 3. The van der Waals surface area contributed by atoms with Crippen molar-refractivity contribution in [1.82, 2.24) is 9.88 Å². The molecule has 2 unspecified atom stereocenters. The van der Waals surface area contributed by atoms with Gasteiger partial charge in [0.2, 0.25) is 0 Å². The van der Waals surface area contributed by atoms with Crippen LogP contribution in [0.15, 0.2) is 48.7 Å². The number of nitrogens with zero attached hydrogens (tertiary/aromatic N) is 1. The molecule has 0 bridgehead atoms. The number of nitrogens with one attached hydrogen (secondary N) is 1. The minimum absolute atomic E-state index is 0.0280. The lowest BCUT2D eigenvalue weighted by molar-refractivity contribution is -0.189. The Hall–Kier alpha value is -3.53. The summed E-state index contributed by atoms with van der Waals surface area (Å²) in [7, 11) is 0. The number of aromatic nitrogens is 1. The topological polar surface area (TPSA) is 107 Å². The van der Waals surface area contributed by atoms with Gasteiger partial charge in [-0.2, -0.15) is 13.2 Å². The first-order valence-electron chi connectivity index (χ1n) is 9.67. The molecule has 0 aliphatic carbocycles. The number of amides is 1. The molecule has 2 atom stereocenters. The monoisotopic (exact) mass is 449 g/mol.